The predicted molar refractivity (Wildman–Crippen MR) is 61.3 cm³/mol. The highest BCUT2D eigenvalue weighted by atomic mass is 32.2. The van der Waals surface area contributed by atoms with Crippen molar-refractivity contribution in [3.63, 3.8) is 0 Å². The maximum Gasteiger partial charge on any atom is 0.240 e. The van der Waals surface area contributed by atoms with E-state index in [2.05, 4.69) is 4.72 Å². The topological polar surface area (TPSA) is 46.2 Å². The van der Waals surface area contributed by atoms with Crippen LogP contribution in [-0.4, -0.2) is 14.5 Å². The molecule has 0 heterocycles. The number of sulfonamides is 1. The summed E-state index contributed by atoms with van der Waals surface area (Å²) in [5.41, 5.74) is 1.05. The van der Waals surface area contributed by atoms with Gasteiger partial charge in [-0.3, -0.25) is 0 Å². The average molecular weight is 227 g/mol. The third kappa shape index (κ3) is 3.32. The molecule has 0 unspecified atom stereocenters. The van der Waals surface area contributed by atoms with Gasteiger partial charge in [-0.1, -0.05) is 24.6 Å². The van der Waals surface area contributed by atoms with Crippen LogP contribution in [0, 0.1) is 6.92 Å². The summed E-state index contributed by atoms with van der Waals surface area (Å²) in [4.78, 5) is 0.327. The number of aryl methyl sites for hydroxylation is 1. The third-order valence-electron chi connectivity index (χ3n) is 2.30. The standard InChI is InChI=1S/C11H17NO2S/c1-4-10(3)12-15(13,14)11-7-5-9(2)6-8-11/h5-8,10,12H,4H2,1-3H3/t10-/m1/s1. The fourth-order valence-corrected chi connectivity index (χ4v) is 2.46. The molecule has 0 aliphatic heterocycles. The number of rotatable bonds is 4. The summed E-state index contributed by atoms with van der Waals surface area (Å²) in [6.07, 6.45) is 0.783. The first kappa shape index (κ1) is 12.2. The number of benzene rings is 1. The average Bonchev–Trinajstić information content (AvgIpc) is 2.17. The molecule has 0 spiro atoms. The minimum atomic E-state index is -3.34. The van der Waals surface area contributed by atoms with Crippen molar-refractivity contribution in [2.24, 2.45) is 0 Å². The fourth-order valence-electron chi connectivity index (χ4n) is 1.13. The Morgan fingerprint density at radius 2 is 1.80 bits per heavy atom. The SMILES string of the molecule is CC[C@@H](C)NS(=O)(=O)c1ccc(C)cc1. The van der Waals surface area contributed by atoms with Gasteiger partial charge in [0.05, 0.1) is 4.90 Å². The summed E-state index contributed by atoms with van der Waals surface area (Å²) < 4.78 is 26.2. The zero-order valence-electron chi connectivity index (χ0n) is 9.32. The smallest absolute Gasteiger partial charge is 0.208 e. The monoisotopic (exact) mass is 227 g/mol. The van der Waals surface area contributed by atoms with Crippen LogP contribution < -0.4 is 4.72 Å². The van der Waals surface area contributed by atoms with Crippen molar-refractivity contribution >= 4 is 10.0 Å². The van der Waals surface area contributed by atoms with Crippen LogP contribution in [0.4, 0.5) is 0 Å². The first-order chi connectivity index (χ1) is 6.95. The van der Waals surface area contributed by atoms with E-state index >= 15 is 0 Å². The van der Waals surface area contributed by atoms with Gasteiger partial charge in [0.15, 0.2) is 0 Å². The lowest BCUT2D eigenvalue weighted by Gasteiger charge is -2.11. The van der Waals surface area contributed by atoms with E-state index in [1.165, 1.54) is 0 Å². The van der Waals surface area contributed by atoms with E-state index in [-0.39, 0.29) is 6.04 Å². The van der Waals surface area contributed by atoms with Crippen LogP contribution in [-0.2, 0) is 10.0 Å². The Kier molecular flexibility index (Phi) is 3.88. The number of hydrogen-bond donors (Lipinski definition) is 1. The second kappa shape index (κ2) is 4.77. The van der Waals surface area contributed by atoms with Crippen LogP contribution >= 0.6 is 0 Å². The predicted octanol–water partition coefficient (Wildman–Crippen LogP) is 2.07. The summed E-state index contributed by atoms with van der Waals surface area (Å²) in [7, 11) is -3.34. The van der Waals surface area contributed by atoms with Crippen LogP contribution in [0.25, 0.3) is 0 Å². The molecular formula is C11H17NO2S. The molecule has 0 aromatic heterocycles. The molecule has 15 heavy (non-hydrogen) atoms. The van der Waals surface area contributed by atoms with Crippen LogP contribution in [0.2, 0.25) is 0 Å². The first-order valence-electron chi connectivity index (χ1n) is 5.04. The molecule has 0 saturated carbocycles. The summed E-state index contributed by atoms with van der Waals surface area (Å²) in [6.45, 7) is 5.73. The van der Waals surface area contributed by atoms with Gasteiger partial charge in [0.2, 0.25) is 10.0 Å². The molecule has 0 amide bonds. The summed E-state index contributed by atoms with van der Waals surface area (Å²) in [5, 5.41) is 0. The molecule has 0 aliphatic carbocycles. The number of nitrogens with one attached hydrogen (secondary N) is 1. The van der Waals surface area contributed by atoms with Crippen molar-refractivity contribution in [3.05, 3.63) is 29.8 Å². The molecule has 0 radical (unpaired) electrons. The van der Waals surface area contributed by atoms with Crippen molar-refractivity contribution in [3.8, 4) is 0 Å². The van der Waals surface area contributed by atoms with Gasteiger partial charge in [-0.15, -0.1) is 0 Å². The first-order valence-corrected chi connectivity index (χ1v) is 6.53. The molecular weight excluding hydrogens is 210 g/mol. The Bertz CT molecular complexity index is 409. The van der Waals surface area contributed by atoms with Crippen molar-refractivity contribution in [1.82, 2.24) is 4.72 Å². The molecule has 4 heteroatoms. The van der Waals surface area contributed by atoms with Gasteiger partial charge in [0.1, 0.15) is 0 Å². The van der Waals surface area contributed by atoms with Gasteiger partial charge >= 0.3 is 0 Å². The summed E-state index contributed by atoms with van der Waals surface area (Å²) in [5.74, 6) is 0. The van der Waals surface area contributed by atoms with Crippen molar-refractivity contribution in [2.45, 2.75) is 38.1 Å². The van der Waals surface area contributed by atoms with E-state index in [0.717, 1.165) is 12.0 Å². The summed E-state index contributed by atoms with van der Waals surface area (Å²) >= 11 is 0. The lowest BCUT2D eigenvalue weighted by Crippen LogP contribution is -2.31. The molecule has 84 valence electrons. The second-order valence-electron chi connectivity index (χ2n) is 3.74. The highest BCUT2D eigenvalue weighted by molar-refractivity contribution is 7.89. The Balaban J connectivity index is 2.91. The van der Waals surface area contributed by atoms with E-state index < -0.39 is 10.0 Å². The zero-order valence-corrected chi connectivity index (χ0v) is 10.1. The van der Waals surface area contributed by atoms with Gasteiger partial charge < -0.3 is 0 Å². The molecule has 0 bridgehead atoms. The largest absolute Gasteiger partial charge is 0.240 e. The molecule has 0 aliphatic rings. The van der Waals surface area contributed by atoms with E-state index in [4.69, 9.17) is 0 Å². The normalized spacial score (nSPS) is 13.8. The Hall–Kier alpha value is -0.870. The van der Waals surface area contributed by atoms with Crippen LogP contribution in [0.15, 0.2) is 29.2 Å². The molecule has 1 aromatic rings. The van der Waals surface area contributed by atoms with Crippen LogP contribution in [0.3, 0.4) is 0 Å². The van der Waals surface area contributed by atoms with E-state index in [0.29, 0.717) is 4.90 Å². The lowest BCUT2D eigenvalue weighted by atomic mass is 10.2. The maximum atomic E-state index is 11.8. The van der Waals surface area contributed by atoms with Gasteiger partial charge in [0.25, 0.3) is 0 Å². The van der Waals surface area contributed by atoms with Gasteiger partial charge in [-0.25, -0.2) is 13.1 Å². The molecule has 0 fully saturated rings. The Morgan fingerprint density at radius 1 is 1.27 bits per heavy atom. The minimum Gasteiger partial charge on any atom is -0.208 e. The van der Waals surface area contributed by atoms with Crippen LogP contribution in [0.5, 0.6) is 0 Å². The van der Waals surface area contributed by atoms with Gasteiger partial charge in [-0.2, -0.15) is 0 Å². The third-order valence-corrected chi connectivity index (χ3v) is 3.91. The van der Waals surface area contributed by atoms with Crippen molar-refractivity contribution in [2.75, 3.05) is 0 Å². The quantitative estimate of drug-likeness (QED) is 0.856. The second-order valence-corrected chi connectivity index (χ2v) is 5.46. The van der Waals surface area contributed by atoms with E-state index in [1.54, 1.807) is 24.3 Å². The highest BCUT2D eigenvalue weighted by Crippen LogP contribution is 2.10. The molecule has 1 aromatic carbocycles. The van der Waals surface area contributed by atoms with Gasteiger partial charge in [0, 0.05) is 6.04 Å². The van der Waals surface area contributed by atoms with Gasteiger partial charge in [-0.05, 0) is 32.4 Å². The number of hydrogen-bond acceptors (Lipinski definition) is 2. The molecule has 1 atom stereocenters. The van der Waals surface area contributed by atoms with E-state index in [9.17, 15) is 8.42 Å². The Labute approximate surface area is 91.6 Å². The molecule has 3 nitrogen and oxygen atoms in total. The minimum absolute atomic E-state index is 0.0312. The van der Waals surface area contributed by atoms with E-state index in [1.807, 2.05) is 20.8 Å². The summed E-state index contributed by atoms with van der Waals surface area (Å²) in [6, 6.07) is 6.81. The molecule has 0 saturated heterocycles. The Morgan fingerprint density at radius 3 is 2.27 bits per heavy atom. The fraction of sp³-hybridized carbons (Fsp3) is 0.455. The van der Waals surface area contributed by atoms with Crippen molar-refractivity contribution in [1.29, 1.82) is 0 Å². The van der Waals surface area contributed by atoms with Crippen LogP contribution in [0.1, 0.15) is 25.8 Å². The molecule has 1 rings (SSSR count). The highest BCUT2D eigenvalue weighted by Gasteiger charge is 2.15. The lowest BCUT2D eigenvalue weighted by molar-refractivity contribution is 0.556. The molecule has 1 N–H and O–H groups in total. The zero-order chi connectivity index (χ0) is 11.5. The van der Waals surface area contributed by atoms with Crippen molar-refractivity contribution < 1.29 is 8.42 Å². The maximum absolute atomic E-state index is 11.8.